The van der Waals surface area contributed by atoms with Crippen molar-refractivity contribution in [2.45, 2.75) is 44.8 Å². The lowest BCUT2D eigenvalue weighted by Gasteiger charge is -2.29. The molecule has 0 aliphatic carbocycles. The van der Waals surface area contributed by atoms with Crippen molar-refractivity contribution in [3.63, 3.8) is 0 Å². The number of carbonyl (C=O) groups excluding carboxylic acids is 1. The first-order valence-electron chi connectivity index (χ1n) is 11.8. The second kappa shape index (κ2) is 11.1. The number of carbonyl (C=O) groups is 1. The Morgan fingerprint density at radius 1 is 0.969 bits per heavy atom. The molecule has 0 radical (unpaired) electrons. The minimum absolute atomic E-state index is 0.226. The van der Waals surface area contributed by atoms with Gasteiger partial charge in [0.15, 0.2) is 5.96 Å². The molecule has 0 spiro atoms. The van der Waals surface area contributed by atoms with Crippen LogP contribution in [0.4, 0.5) is 0 Å². The number of hydrogen-bond acceptors (Lipinski definition) is 3. The fourth-order valence-corrected chi connectivity index (χ4v) is 4.71. The van der Waals surface area contributed by atoms with Gasteiger partial charge >= 0.3 is 0 Å². The quantitative estimate of drug-likeness (QED) is 0.381. The van der Waals surface area contributed by atoms with Gasteiger partial charge in [-0.1, -0.05) is 54.6 Å². The van der Waals surface area contributed by atoms with Crippen molar-refractivity contribution in [1.29, 1.82) is 0 Å². The van der Waals surface area contributed by atoms with Gasteiger partial charge in [0.2, 0.25) is 5.91 Å². The van der Waals surface area contributed by atoms with Crippen molar-refractivity contribution in [3.05, 3.63) is 71.3 Å². The highest BCUT2D eigenvalue weighted by Gasteiger charge is 2.24. The normalized spacial score (nSPS) is 17.3. The number of guanidine groups is 1. The Hall–Kier alpha value is -2.86. The number of nitrogens with zero attached hydrogens (tertiary/aromatic N) is 3. The van der Waals surface area contributed by atoms with Crippen molar-refractivity contribution in [1.82, 2.24) is 20.4 Å². The summed E-state index contributed by atoms with van der Waals surface area (Å²) in [5.41, 5.74) is 3.89. The molecule has 1 saturated heterocycles. The van der Waals surface area contributed by atoms with Gasteiger partial charge in [0.1, 0.15) is 0 Å². The highest BCUT2D eigenvalue weighted by Crippen LogP contribution is 2.24. The first-order chi connectivity index (χ1) is 15.7. The van der Waals surface area contributed by atoms with Crippen LogP contribution < -0.4 is 10.6 Å². The summed E-state index contributed by atoms with van der Waals surface area (Å²) in [5.74, 6) is 1.02. The van der Waals surface area contributed by atoms with E-state index in [1.807, 2.05) is 17.0 Å². The van der Waals surface area contributed by atoms with E-state index < -0.39 is 0 Å². The third kappa shape index (κ3) is 5.68. The maximum absolute atomic E-state index is 12.6. The van der Waals surface area contributed by atoms with E-state index in [9.17, 15) is 4.79 Å². The van der Waals surface area contributed by atoms with Gasteiger partial charge in [0.05, 0.1) is 6.04 Å². The first kappa shape index (κ1) is 22.3. The van der Waals surface area contributed by atoms with Crippen molar-refractivity contribution in [3.8, 4) is 0 Å². The molecule has 1 unspecified atom stereocenters. The van der Waals surface area contributed by atoms with Crippen LogP contribution in [-0.2, 0) is 17.9 Å². The molecule has 6 nitrogen and oxygen atoms in total. The molecule has 2 aromatic rings. The summed E-state index contributed by atoms with van der Waals surface area (Å²) in [6.07, 6.45) is 3.89. The summed E-state index contributed by atoms with van der Waals surface area (Å²) in [6, 6.07) is 19.4. The number of nitrogens with one attached hydrogen (secondary N) is 2. The summed E-state index contributed by atoms with van der Waals surface area (Å²) >= 11 is 0. The topological polar surface area (TPSA) is 60.0 Å². The van der Waals surface area contributed by atoms with Gasteiger partial charge in [-0.05, 0) is 49.0 Å². The SMILES string of the molecule is CN=C(NCCCC(=O)N1Cc2ccccc2C1)NCC(c1ccccc1)N1CCCC1. The molecule has 4 rings (SSSR count). The molecule has 32 heavy (non-hydrogen) atoms. The number of fused-ring (bicyclic) bond motifs is 1. The van der Waals surface area contributed by atoms with Crippen LogP contribution in [0.3, 0.4) is 0 Å². The molecule has 1 atom stereocenters. The monoisotopic (exact) mass is 433 g/mol. The summed E-state index contributed by atoms with van der Waals surface area (Å²) in [6.45, 7) is 5.32. The number of rotatable bonds is 8. The number of aliphatic imine (C=N–C) groups is 1. The molecule has 0 saturated carbocycles. The lowest BCUT2D eigenvalue weighted by Crippen LogP contribution is -2.43. The van der Waals surface area contributed by atoms with E-state index >= 15 is 0 Å². The van der Waals surface area contributed by atoms with Crippen LogP contribution in [0.15, 0.2) is 59.6 Å². The number of benzene rings is 2. The second-order valence-corrected chi connectivity index (χ2v) is 8.67. The first-order valence-corrected chi connectivity index (χ1v) is 11.8. The maximum Gasteiger partial charge on any atom is 0.223 e. The molecule has 2 N–H and O–H groups in total. The van der Waals surface area contributed by atoms with Gasteiger partial charge in [0, 0.05) is 39.6 Å². The van der Waals surface area contributed by atoms with Gasteiger partial charge in [-0.25, -0.2) is 0 Å². The molecular weight excluding hydrogens is 398 g/mol. The molecule has 170 valence electrons. The highest BCUT2D eigenvalue weighted by molar-refractivity contribution is 5.80. The van der Waals surface area contributed by atoms with Crippen LogP contribution in [0.25, 0.3) is 0 Å². The molecule has 6 heteroatoms. The van der Waals surface area contributed by atoms with Gasteiger partial charge < -0.3 is 15.5 Å². The van der Waals surface area contributed by atoms with E-state index in [0.29, 0.717) is 12.5 Å². The van der Waals surface area contributed by atoms with Gasteiger partial charge in [-0.3, -0.25) is 14.7 Å². The van der Waals surface area contributed by atoms with E-state index in [2.05, 4.69) is 63.0 Å². The van der Waals surface area contributed by atoms with Crippen molar-refractivity contribution in [2.75, 3.05) is 33.2 Å². The zero-order chi connectivity index (χ0) is 22.2. The smallest absolute Gasteiger partial charge is 0.223 e. The summed E-state index contributed by atoms with van der Waals surface area (Å²) in [4.78, 5) is 21.5. The number of amides is 1. The van der Waals surface area contributed by atoms with Crippen molar-refractivity contribution >= 4 is 11.9 Å². The molecule has 0 bridgehead atoms. The maximum atomic E-state index is 12.6. The van der Waals surface area contributed by atoms with Gasteiger partial charge in [-0.2, -0.15) is 0 Å². The third-order valence-electron chi connectivity index (χ3n) is 6.51. The van der Waals surface area contributed by atoms with Crippen LogP contribution in [-0.4, -0.2) is 54.9 Å². The average molecular weight is 434 g/mol. The Morgan fingerprint density at radius 3 is 2.28 bits per heavy atom. The van der Waals surface area contributed by atoms with Crippen molar-refractivity contribution < 1.29 is 4.79 Å². The molecule has 1 amide bonds. The Balaban J connectivity index is 1.20. The molecular formula is C26H35N5O. The van der Waals surface area contributed by atoms with Crippen LogP contribution >= 0.6 is 0 Å². The van der Waals surface area contributed by atoms with E-state index in [1.54, 1.807) is 7.05 Å². The molecule has 2 aliphatic heterocycles. The average Bonchev–Trinajstić information content (AvgIpc) is 3.51. The van der Waals surface area contributed by atoms with Crippen LogP contribution in [0.2, 0.25) is 0 Å². The van der Waals surface area contributed by atoms with E-state index in [0.717, 1.165) is 51.6 Å². The molecule has 2 aliphatic rings. The highest BCUT2D eigenvalue weighted by atomic mass is 16.2. The van der Waals surface area contributed by atoms with Gasteiger partial charge in [-0.15, -0.1) is 0 Å². The largest absolute Gasteiger partial charge is 0.356 e. The second-order valence-electron chi connectivity index (χ2n) is 8.67. The zero-order valence-electron chi connectivity index (χ0n) is 19.1. The molecule has 1 fully saturated rings. The van der Waals surface area contributed by atoms with Crippen LogP contribution in [0.5, 0.6) is 0 Å². The Bertz CT molecular complexity index is 882. The summed E-state index contributed by atoms with van der Waals surface area (Å²) in [5, 5.41) is 6.88. The third-order valence-corrected chi connectivity index (χ3v) is 6.51. The Morgan fingerprint density at radius 2 is 1.62 bits per heavy atom. The predicted octanol–water partition coefficient (Wildman–Crippen LogP) is 3.31. The van der Waals surface area contributed by atoms with Crippen LogP contribution in [0.1, 0.15) is 48.4 Å². The fourth-order valence-electron chi connectivity index (χ4n) is 4.71. The minimum atomic E-state index is 0.226. The van der Waals surface area contributed by atoms with E-state index in [4.69, 9.17) is 0 Å². The zero-order valence-corrected chi connectivity index (χ0v) is 19.1. The Kier molecular flexibility index (Phi) is 7.77. The standard InChI is InChI=1S/C26H35N5O/c1-27-26(29-18-24(30-16-7-8-17-30)21-10-3-2-4-11-21)28-15-9-14-25(32)31-19-22-12-5-6-13-23(22)20-31/h2-6,10-13,24H,7-9,14-20H2,1H3,(H2,27,28,29). The predicted molar refractivity (Wildman–Crippen MR) is 129 cm³/mol. The molecule has 2 heterocycles. The number of likely N-dealkylation sites (tertiary alicyclic amines) is 1. The molecule has 0 aromatic heterocycles. The minimum Gasteiger partial charge on any atom is -0.356 e. The van der Waals surface area contributed by atoms with E-state index in [1.165, 1.54) is 29.5 Å². The van der Waals surface area contributed by atoms with Crippen molar-refractivity contribution in [2.24, 2.45) is 4.99 Å². The van der Waals surface area contributed by atoms with Gasteiger partial charge in [0.25, 0.3) is 0 Å². The summed E-state index contributed by atoms with van der Waals surface area (Å²) in [7, 11) is 1.80. The Labute approximate surface area is 191 Å². The number of hydrogen-bond donors (Lipinski definition) is 2. The summed E-state index contributed by atoms with van der Waals surface area (Å²) < 4.78 is 0. The molecule has 2 aromatic carbocycles. The van der Waals surface area contributed by atoms with E-state index in [-0.39, 0.29) is 5.91 Å². The lowest BCUT2D eigenvalue weighted by molar-refractivity contribution is -0.131. The van der Waals surface area contributed by atoms with Crippen LogP contribution in [0, 0.1) is 0 Å². The lowest BCUT2D eigenvalue weighted by atomic mass is 10.1. The fraction of sp³-hybridized carbons (Fsp3) is 0.462.